The molecule has 23 heavy (non-hydrogen) atoms. The summed E-state index contributed by atoms with van der Waals surface area (Å²) in [4.78, 5) is 18.6. The Labute approximate surface area is 137 Å². The Morgan fingerprint density at radius 2 is 2.17 bits per heavy atom. The van der Waals surface area contributed by atoms with Gasteiger partial charge in [-0.2, -0.15) is 0 Å². The van der Waals surface area contributed by atoms with Gasteiger partial charge in [-0.25, -0.2) is 18.1 Å². The highest BCUT2D eigenvalue weighted by Crippen LogP contribution is 2.25. The predicted octanol–water partition coefficient (Wildman–Crippen LogP) is 0.913. The maximum absolute atomic E-state index is 12.8. The van der Waals surface area contributed by atoms with Crippen molar-refractivity contribution in [1.82, 2.24) is 14.6 Å². The first-order valence-corrected chi connectivity index (χ1v) is 9.64. The van der Waals surface area contributed by atoms with E-state index in [9.17, 15) is 13.2 Å². The Morgan fingerprint density at radius 3 is 2.78 bits per heavy atom. The van der Waals surface area contributed by atoms with Gasteiger partial charge in [0, 0.05) is 32.4 Å². The van der Waals surface area contributed by atoms with Crippen LogP contribution in [-0.2, 0) is 10.0 Å². The lowest BCUT2D eigenvalue weighted by atomic mass is 9.99. The van der Waals surface area contributed by atoms with E-state index in [1.54, 1.807) is 30.3 Å². The van der Waals surface area contributed by atoms with Crippen molar-refractivity contribution >= 4 is 21.7 Å². The molecule has 7 nitrogen and oxygen atoms in total. The first kappa shape index (κ1) is 17.7. The highest BCUT2D eigenvalue weighted by Gasteiger charge is 2.36. The van der Waals surface area contributed by atoms with Crippen LogP contribution in [0.25, 0.3) is 0 Å². The van der Waals surface area contributed by atoms with E-state index in [0.29, 0.717) is 24.5 Å². The fourth-order valence-corrected chi connectivity index (χ4v) is 3.87. The lowest BCUT2D eigenvalue weighted by molar-refractivity contribution is 0.0785. The van der Waals surface area contributed by atoms with Crippen molar-refractivity contribution in [2.24, 2.45) is 5.92 Å². The van der Waals surface area contributed by atoms with E-state index in [-0.39, 0.29) is 17.9 Å². The van der Waals surface area contributed by atoms with E-state index < -0.39 is 10.0 Å². The SMILES string of the molecule is CCC[C@H]1CN(C(=O)c2cccnc2NC)C[C@@H]1NS(C)(=O)=O. The number of anilines is 1. The van der Waals surface area contributed by atoms with Gasteiger partial charge in [-0.05, 0) is 24.5 Å². The molecule has 2 atom stereocenters. The van der Waals surface area contributed by atoms with Gasteiger partial charge in [-0.15, -0.1) is 0 Å². The number of sulfonamides is 1. The number of aromatic nitrogens is 1. The highest BCUT2D eigenvalue weighted by atomic mass is 32.2. The molecule has 1 aliphatic rings. The van der Waals surface area contributed by atoms with Gasteiger partial charge in [0.1, 0.15) is 5.82 Å². The van der Waals surface area contributed by atoms with Crippen LogP contribution in [0.2, 0.25) is 0 Å². The summed E-state index contributed by atoms with van der Waals surface area (Å²) in [6.45, 7) is 2.99. The average molecular weight is 340 g/mol. The van der Waals surface area contributed by atoms with Crippen LogP contribution in [0.4, 0.5) is 5.82 Å². The van der Waals surface area contributed by atoms with Crippen molar-refractivity contribution < 1.29 is 13.2 Å². The number of hydrogen-bond donors (Lipinski definition) is 2. The fourth-order valence-electron chi connectivity index (χ4n) is 3.06. The molecule has 1 aromatic rings. The molecule has 128 valence electrons. The molecule has 2 N–H and O–H groups in total. The van der Waals surface area contributed by atoms with Crippen molar-refractivity contribution in [2.75, 3.05) is 31.7 Å². The van der Waals surface area contributed by atoms with Gasteiger partial charge in [-0.1, -0.05) is 13.3 Å². The second-order valence-corrected chi connectivity index (χ2v) is 7.69. The Bertz CT molecular complexity index is 662. The average Bonchev–Trinajstić information content (AvgIpc) is 2.87. The smallest absolute Gasteiger partial charge is 0.257 e. The normalized spacial score (nSPS) is 21.4. The molecular weight excluding hydrogens is 316 g/mol. The summed E-state index contributed by atoms with van der Waals surface area (Å²) in [5, 5.41) is 2.92. The number of likely N-dealkylation sites (tertiary alicyclic amines) is 1. The molecule has 0 aromatic carbocycles. The van der Waals surface area contributed by atoms with Crippen LogP contribution < -0.4 is 10.0 Å². The molecule has 8 heteroatoms. The van der Waals surface area contributed by atoms with Crippen LogP contribution in [0.15, 0.2) is 18.3 Å². The van der Waals surface area contributed by atoms with Crippen molar-refractivity contribution in [1.29, 1.82) is 0 Å². The first-order chi connectivity index (χ1) is 10.9. The van der Waals surface area contributed by atoms with Crippen LogP contribution in [0.5, 0.6) is 0 Å². The second-order valence-electron chi connectivity index (χ2n) is 5.90. The summed E-state index contributed by atoms with van der Waals surface area (Å²) in [7, 11) is -1.58. The van der Waals surface area contributed by atoms with E-state index in [2.05, 4.69) is 21.9 Å². The van der Waals surface area contributed by atoms with Crippen molar-refractivity contribution in [3.8, 4) is 0 Å². The van der Waals surface area contributed by atoms with Crippen LogP contribution in [0.3, 0.4) is 0 Å². The van der Waals surface area contributed by atoms with E-state index >= 15 is 0 Å². The van der Waals surface area contributed by atoms with Gasteiger partial charge >= 0.3 is 0 Å². The molecule has 0 unspecified atom stereocenters. The standard InChI is InChI=1S/C15H24N4O3S/c1-4-6-11-9-19(10-13(11)18-23(3,21)22)15(20)12-7-5-8-17-14(12)16-2/h5,7-8,11,13,18H,4,6,9-10H2,1-3H3,(H,16,17)/t11-,13-/m0/s1. The Hall–Kier alpha value is -1.67. The number of carbonyl (C=O) groups is 1. The van der Waals surface area contributed by atoms with Gasteiger partial charge in [0.05, 0.1) is 11.8 Å². The van der Waals surface area contributed by atoms with Gasteiger partial charge in [0.25, 0.3) is 5.91 Å². The maximum atomic E-state index is 12.8. The van der Waals surface area contributed by atoms with E-state index in [1.165, 1.54) is 0 Å². The molecule has 0 radical (unpaired) electrons. The minimum Gasteiger partial charge on any atom is -0.372 e. The van der Waals surface area contributed by atoms with E-state index in [1.807, 2.05) is 0 Å². The lowest BCUT2D eigenvalue weighted by Crippen LogP contribution is -2.40. The predicted molar refractivity (Wildman–Crippen MR) is 89.9 cm³/mol. The van der Waals surface area contributed by atoms with Crippen molar-refractivity contribution in [2.45, 2.75) is 25.8 Å². The summed E-state index contributed by atoms with van der Waals surface area (Å²) >= 11 is 0. The van der Waals surface area contributed by atoms with Crippen LogP contribution in [-0.4, -0.2) is 56.6 Å². The molecule has 0 saturated carbocycles. The summed E-state index contributed by atoms with van der Waals surface area (Å²) in [6.07, 6.45) is 4.60. The van der Waals surface area contributed by atoms with E-state index in [4.69, 9.17) is 0 Å². The Balaban J connectivity index is 2.18. The van der Waals surface area contributed by atoms with Crippen LogP contribution in [0, 0.1) is 5.92 Å². The molecule has 1 fully saturated rings. The summed E-state index contributed by atoms with van der Waals surface area (Å²) in [5.41, 5.74) is 0.505. The summed E-state index contributed by atoms with van der Waals surface area (Å²) < 4.78 is 25.8. The number of hydrogen-bond acceptors (Lipinski definition) is 5. The lowest BCUT2D eigenvalue weighted by Gasteiger charge is -2.18. The quantitative estimate of drug-likeness (QED) is 0.803. The van der Waals surface area contributed by atoms with Gasteiger partial charge in [-0.3, -0.25) is 4.79 Å². The largest absolute Gasteiger partial charge is 0.372 e. The molecule has 0 bridgehead atoms. The number of rotatable bonds is 6. The Morgan fingerprint density at radius 1 is 1.43 bits per heavy atom. The number of nitrogens with one attached hydrogen (secondary N) is 2. The zero-order valence-electron chi connectivity index (χ0n) is 13.7. The number of pyridine rings is 1. The van der Waals surface area contributed by atoms with Gasteiger partial charge < -0.3 is 10.2 Å². The zero-order chi connectivity index (χ0) is 17.0. The molecule has 0 aliphatic carbocycles. The summed E-state index contributed by atoms with van der Waals surface area (Å²) in [6, 6.07) is 3.22. The van der Waals surface area contributed by atoms with E-state index in [0.717, 1.165) is 19.1 Å². The van der Waals surface area contributed by atoms with Crippen LogP contribution >= 0.6 is 0 Å². The molecule has 0 spiro atoms. The summed E-state index contributed by atoms with van der Waals surface area (Å²) in [5.74, 6) is 0.541. The Kier molecular flexibility index (Phi) is 5.59. The monoisotopic (exact) mass is 340 g/mol. The zero-order valence-corrected chi connectivity index (χ0v) is 14.6. The van der Waals surface area contributed by atoms with Crippen molar-refractivity contribution in [3.63, 3.8) is 0 Å². The first-order valence-electron chi connectivity index (χ1n) is 7.75. The molecule has 2 rings (SSSR count). The molecule has 1 amide bonds. The minimum absolute atomic E-state index is 0.124. The highest BCUT2D eigenvalue weighted by molar-refractivity contribution is 7.88. The molecular formula is C15H24N4O3S. The number of amides is 1. The molecule has 1 aromatic heterocycles. The number of carbonyl (C=O) groups excluding carboxylic acids is 1. The third-order valence-electron chi connectivity index (χ3n) is 4.03. The fraction of sp³-hybridized carbons (Fsp3) is 0.600. The van der Waals surface area contributed by atoms with Gasteiger partial charge in [0.15, 0.2) is 0 Å². The minimum atomic E-state index is -3.30. The molecule has 2 heterocycles. The molecule has 1 aliphatic heterocycles. The van der Waals surface area contributed by atoms with Gasteiger partial charge in [0.2, 0.25) is 10.0 Å². The third-order valence-corrected chi connectivity index (χ3v) is 4.76. The second kappa shape index (κ2) is 7.27. The maximum Gasteiger partial charge on any atom is 0.257 e. The topological polar surface area (TPSA) is 91.4 Å². The van der Waals surface area contributed by atoms with Crippen LogP contribution in [0.1, 0.15) is 30.1 Å². The third kappa shape index (κ3) is 4.42. The van der Waals surface area contributed by atoms with Crippen molar-refractivity contribution in [3.05, 3.63) is 23.9 Å². The molecule has 1 saturated heterocycles. The number of nitrogens with zero attached hydrogens (tertiary/aromatic N) is 2.